The lowest BCUT2D eigenvalue weighted by molar-refractivity contribution is 0.594. The molecule has 1 aromatic rings. The van der Waals surface area contributed by atoms with Crippen LogP contribution in [0.4, 0.5) is 0 Å². The first-order valence-electron chi connectivity index (χ1n) is 5.88. The van der Waals surface area contributed by atoms with Crippen molar-refractivity contribution in [2.75, 3.05) is 22.2 Å². The van der Waals surface area contributed by atoms with Crippen molar-refractivity contribution in [2.24, 2.45) is 0 Å². The third-order valence-corrected chi connectivity index (χ3v) is 7.61. The minimum atomic E-state index is -3.11. The Morgan fingerprint density at radius 2 is 1.00 bits per heavy atom. The Kier molecular flexibility index (Phi) is 7.17. The molecule has 1 rings (SSSR count). The number of halogens is 2. The van der Waals surface area contributed by atoms with Gasteiger partial charge in [-0.15, -0.1) is 0 Å². The maximum atomic E-state index is 11.7. The molecule has 114 valence electrons. The van der Waals surface area contributed by atoms with Crippen LogP contribution in [0.5, 0.6) is 0 Å². The van der Waals surface area contributed by atoms with E-state index in [9.17, 15) is 16.8 Å². The van der Waals surface area contributed by atoms with Gasteiger partial charge in [0, 0.05) is 10.7 Å². The summed E-state index contributed by atoms with van der Waals surface area (Å²) in [6, 6.07) is 6.69. The zero-order valence-electron chi connectivity index (χ0n) is 10.8. The molecule has 0 aliphatic heterocycles. The van der Waals surface area contributed by atoms with E-state index in [1.807, 2.05) is 0 Å². The van der Waals surface area contributed by atoms with Crippen LogP contribution in [0.15, 0.2) is 24.3 Å². The van der Waals surface area contributed by atoms with E-state index in [1.165, 1.54) is 0 Å². The van der Waals surface area contributed by atoms with Gasteiger partial charge < -0.3 is 0 Å². The van der Waals surface area contributed by atoms with Gasteiger partial charge in [-0.2, -0.15) is 0 Å². The quantitative estimate of drug-likeness (QED) is 0.573. The van der Waals surface area contributed by atoms with Crippen LogP contribution in [0.1, 0.15) is 11.1 Å². The van der Waals surface area contributed by atoms with Gasteiger partial charge in [-0.25, -0.2) is 16.8 Å². The summed E-state index contributed by atoms with van der Waals surface area (Å²) >= 11 is 6.22. The molecule has 20 heavy (non-hydrogen) atoms. The Morgan fingerprint density at radius 3 is 1.25 bits per heavy atom. The SMILES string of the molecule is O=S(=O)(CCBr)Cc1ccc(CS(=O)(=O)CCBr)cc1. The zero-order valence-corrected chi connectivity index (χ0v) is 15.6. The van der Waals surface area contributed by atoms with Crippen molar-refractivity contribution < 1.29 is 16.8 Å². The molecule has 0 N–H and O–H groups in total. The molecule has 0 spiro atoms. The largest absolute Gasteiger partial charge is 0.228 e. The lowest BCUT2D eigenvalue weighted by atomic mass is 10.2. The lowest BCUT2D eigenvalue weighted by Crippen LogP contribution is -2.11. The molecule has 4 nitrogen and oxygen atoms in total. The maximum absolute atomic E-state index is 11.7. The van der Waals surface area contributed by atoms with Crippen molar-refractivity contribution in [3.05, 3.63) is 35.4 Å². The smallest absolute Gasteiger partial charge is 0.155 e. The Balaban J connectivity index is 2.75. The highest BCUT2D eigenvalue weighted by molar-refractivity contribution is 9.09. The molecule has 0 radical (unpaired) electrons. The molecular weight excluding hydrogens is 432 g/mol. The Labute approximate surface area is 137 Å². The summed E-state index contributed by atoms with van der Waals surface area (Å²) in [4.78, 5) is 0. The van der Waals surface area contributed by atoms with Crippen LogP contribution in [-0.2, 0) is 31.2 Å². The van der Waals surface area contributed by atoms with Crippen molar-refractivity contribution in [1.29, 1.82) is 0 Å². The molecule has 8 heteroatoms. The summed E-state index contributed by atoms with van der Waals surface area (Å²) < 4.78 is 46.7. The summed E-state index contributed by atoms with van der Waals surface area (Å²) in [6.07, 6.45) is 0. The molecule has 1 aromatic carbocycles. The summed E-state index contributed by atoms with van der Waals surface area (Å²) in [7, 11) is -6.23. The number of benzene rings is 1. The minimum Gasteiger partial charge on any atom is -0.228 e. The first-order valence-corrected chi connectivity index (χ1v) is 11.8. The number of sulfone groups is 2. The van der Waals surface area contributed by atoms with E-state index >= 15 is 0 Å². The molecule has 0 fully saturated rings. The van der Waals surface area contributed by atoms with Crippen LogP contribution < -0.4 is 0 Å². The highest BCUT2D eigenvalue weighted by atomic mass is 79.9. The van der Waals surface area contributed by atoms with Gasteiger partial charge in [0.15, 0.2) is 19.7 Å². The number of hydrogen-bond donors (Lipinski definition) is 0. The van der Waals surface area contributed by atoms with Crippen LogP contribution in [0.2, 0.25) is 0 Å². The highest BCUT2D eigenvalue weighted by Crippen LogP contribution is 2.12. The number of alkyl halides is 2. The van der Waals surface area contributed by atoms with Gasteiger partial charge in [-0.1, -0.05) is 56.1 Å². The van der Waals surface area contributed by atoms with Gasteiger partial charge in [-0.3, -0.25) is 0 Å². The lowest BCUT2D eigenvalue weighted by Gasteiger charge is -2.05. The van der Waals surface area contributed by atoms with Crippen LogP contribution in [-0.4, -0.2) is 39.0 Å². The second kappa shape index (κ2) is 7.91. The first kappa shape index (κ1) is 18.1. The summed E-state index contributed by atoms with van der Waals surface area (Å²) in [5.41, 5.74) is 1.35. The normalized spacial score (nSPS) is 12.5. The Bertz CT molecular complexity index is 565. The molecule has 0 atom stereocenters. The van der Waals surface area contributed by atoms with Crippen molar-refractivity contribution >= 4 is 51.5 Å². The molecule has 0 heterocycles. The van der Waals surface area contributed by atoms with Crippen LogP contribution in [0.25, 0.3) is 0 Å². The van der Waals surface area contributed by atoms with E-state index in [0.29, 0.717) is 21.8 Å². The molecule has 0 aromatic heterocycles. The molecule has 0 saturated carbocycles. The van der Waals surface area contributed by atoms with Gasteiger partial charge >= 0.3 is 0 Å². The predicted octanol–water partition coefficient (Wildman–Crippen LogP) is 2.31. The van der Waals surface area contributed by atoms with Gasteiger partial charge in [-0.05, 0) is 11.1 Å². The molecule has 0 saturated heterocycles. The third kappa shape index (κ3) is 6.69. The summed E-state index contributed by atoms with van der Waals surface area (Å²) in [5, 5.41) is 0.830. The van der Waals surface area contributed by atoms with E-state index < -0.39 is 19.7 Å². The van der Waals surface area contributed by atoms with Crippen molar-refractivity contribution in [2.45, 2.75) is 11.5 Å². The van der Waals surface area contributed by atoms with E-state index in [2.05, 4.69) is 31.9 Å². The van der Waals surface area contributed by atoms with Crippen LogP contribution in [0, 0.1) is 0 Å². The van der Waals surface area contributed by atoms with Crippen molar-refractivity contribution in [3.8, 4) is 0 Å². The van der Waals surface area contributed by atoms with Crippen LogP contribution in [0.3, 0.4) is 0 Å². The second-order valence-electron chi connectivity index (χ2n) is 4.38. The van der Waals surface area contributed by atoms with E-state index in [0.717, 1.165) is 0 Å². The van der Waals surface area contributed by atoms with Crippen molar-refractivity contribution in [1.82, 2.24) is 0 Å². The Hall–Kier alpha value is 0.0800. The Morgan fingerprint density at radius 1 is 0.700 bits per heavy atom. The van der Waals surface area contributed by atoms with Gasteiger partial charge in [0.2, 0.25) is 0 Å². The van der Waals surface area contributed by atoms with E-state index in [1.54, 1.807) is 24.3 Å². The topological polar surface area (TPSA) is 68.3 Å². The van der Waals surface area contributed by atoms with Crippen molar-refractivity contribution in [3.63, 3.8) is 0 Å². The van der Waals surface area contributed by atoms with E-state index in [-0.39, 0.29) is 23.0 Å². The minimum absolute atomic E-state index is 0.0208. The molecular formula is C12H16Br2O4S2. The zero-order chi connectivity index (χ0) is 15.2. The second-order valence-corrected chi connectivity index (χ2v) is 10.3. The maximum Gasteiger partial charge on any atom is 0.155 e. The number of rotatable bonds is 8. The summed E-state index contributed by atoms with van der Waals surface area (Å²) in [6.45, 7) is 0. The molecule has 0 aliphatic carbocycles. The number of hydrogen-bond acceptors (Lipinski definition) is 4. The third-order valence-electron chi connectivity index (χ3n) is 2.57. The molecule has 0 amide bonds. The van der Waals surface area contributed by atoms with Gasteiger partial charge in [0.25, 0.3) is 0 Å². The summed E-state index contributed by atoms with van der Waals surface area (Å²) in [5.74, 6) is 0.142. The highest BCUT2D eigenvalue weighted by Gasteiger charge is 2.13. The van der Waals surface area contributed by atoms with E-state index in [4.69, 9.17) is 0 Å². The fraction of sp³-hybridized carbons (Fsp3) is 0.500. The molecule has 0 unspecified atom stereocenters. The average Bonchev–Trinajstić information content (AvgIpc) is 2.30. The molecule has 0 aliphatic rings. The average molecular weight is 448 g/mol. The fourth-order valence-corrected chi connectivity index (χ4v) is 6.74. The van der Waals surface area contributed by atoms with Crippen LogP contribution >= 0.6 is 31.9 Å². The first-order chi connectivity index (χ1) is 9.28. The monoisotopic (exact) mass is 446 g/mol. The van der Waals surface area contributed by atoms with Gasteiger partial charge in [0.05, 0.1) is 23.0 Å². The predicted molar refractivity (Wildman–Crippen MR) is 89.0 cm³/mol. The standard InChI is InChI=1S/C12H16Br2O4S2/c13-5-7-19(15,16)9-11-1-2-12(4-3-11)10-20(17,18)8-6-14/h1-4H,5-10H2. The fourth-order valence-electron chi connectivity index (χ4n) is 1.62. The van der Waals surface area contributed by atoms with Gasteiger partial charge in [0.1, 0.15) is 0 Å². The molecule has 0 bridgehead atoms.